The van der Waals surface area contributed by atoms with Crippen LogP contribution in [0.25, 0.3) is 22.0 Å². The molecule has 0 saturated carbocycles. The van der Waals surface area contributed by atoms with Crippen LogP contribution < -0.4 is 20.5 Å². The molecule has 9 heteroatoms. The lowest BCUT2D eigenvalue weighted by atomic mass is 10.0. The van der Waals surface area contributed by atoms with Crippen LogP contribution in [-0.4, -0.2) is 46.1 Å². The van der Waals surface area contributed by atoms with Crippen molar-refractivity contribution in [3.05, 3.63) is 125 Å². The fourth-order valence-corrected chi connectivity index (χ4v) is 5.97. The van der Waals surface area contributed by atoms with Gasteiger partial charge in [-0.25, -0.2) is 4.79 Å². The number of amides is 1. The molecule has 9 nitrogen and oxygen atoms in total. The highest BCUT2D eigenvalue weighted by molar-refractivity contribution is 5.88. The zero-order valence-corrected chi connectivity index (χ0v) is 27.7. The third-order valence-corrected chi connectivity index (χ3v) is 8.63. The quantitative estimate of drug-likeness (QED) is 0.0599. The van der Waals surface area contributed by atoms with E-state index in [0.717, 1.165) is 73.9 Å². The normalized spacial score (nSPS) is 11.8. The van der Waals surface area contributed by atoms with E-state index in [1.54, 1.807) is 12.1 Å². The predicted octanol–water partition coefficient (Wildman–Crippen LogP) is 8.02. The summed E-state index contributed by atoms with van der Waals surface area (Å²) in [5, 5.41) is 34.6. The van der Waals surface area contributed by atoms with Crippen LogP contribution in [0.1, 0.15) is 62.2 Å². The van der Waals surface area contributed by atoms with E-state index in [0.29, 0.717) is 35.3 Å². The largest absolute Gasteiger partial charge is 0.506 e. The van der Waals surface area contributed by atoms with E-state index < -0.39 is 12.2 Å². The number of phenolic OH excluding ortho intramolecular Hbond substituents is 1. The zero-order valence-electron chi connectivity index (χ0n) is 27.7. The van der Waals surface area contributed by atoms with Crippen LogP contribution in [0.5, 0.6) is 11.5 Å². The fourth-order valence-electron chi connectivity index (χ4n) is 5.97. The van der Waals surface area contributed by atoms with Crippen molar-refractivity contribution in [2.75, 3.05) is 24.6 Å². The Bertz CT molecular complexity index is 1840. The summed E-state index contributed by atoms with van der Waals surface area (Å²) in [7, 11) is 0. The van der Waals surface area contributed by atoms with Crippen molar-refractivity contribution >= 4 is 22.7 Å². The summed E-state index contributed by atoms with van der Waals surface area (Å²) in [5.74, 6) is 0.728. The second-order valence-corrected chi connectivity index (χ2v) is 12.3. The van der Waals surface area contributed by atoms with E-state index in [4.69, 9.17) is 4.74 Å². The molecular formula is C40H45N3O6. The Labute approximate surface area is 286 Å². The van der Waals surface area contributed by atoms with Gasteiger partial charge in [0, 0.05) is 23.7 Å². The van der Waals surface area contributed by atoms with Gasteiger partial charge in [-0.05, 0) is 78.0 Å². The Kier molecular flexibility index (Phi) is 12.8. The SMILES string of the molecule is O=C(O)N(Cc1cccc(OCCCCCCCCCNC[C@H](O)c2ccc(O)c3[nH]c(=O)ccc23)c1)c1ccc(-c2ccccc2)cc1. The van der Waals surface area contributed by atoms with Gasteiger partial charge in [0.1, 0.15) is 11.5 Å². The predicted molar refractivity (Wildman–Crippen MR) is 194 cm³/mol. The van der Waals surface area contributed by atoms with Crippen molar-refractivity contribution in [3.63, 3.8) is 0 Å². The van der Waals surface area contributed by atoms with Crippen LogP contribution in [0, 0.1) is 0 Å². The number of nitrogens with one attached hydrogen (secondary N) is 2. The second-order valence-electron chi connectivity index (χ2n) is 12.3. The number of nitrogens with zero attached hydrogens (tertiary/aromatic N) is 1. The molecule has 256 valence electrons. The lowest BCUT2D eigenvalue weighted by Gasteiger charge is -2.20. The van der Waals surface area contributed by atoms with E-state index in [-0.39, 0.29) is 17.9 Å². The zero-order chi connectivity index (χ0) is 34.4. The van der Waals surface area contributed by atoms with Gasteiger partial charge in [-0.3, -0.25) is 9.69 Å². The number of benzene rings is 4. The van der Waals surface area contributed by atoms with Crippen LogP contribution in [0.4, 0.5) is 10.5 Å². The van der Waals surface area contributed by atoms with Crippen molar-refractivity contribution in [1.82, 2.24) is 10.3 Å². The minimum Gasteiger partial charge on any atom is -0.506 e. The van der Waals surface area contributed by atoms with Gasteiger partial charge in [0.2, 0.25) is 5.56 Å². The maximum absolute atomic E-state index is 12.1. The van der Waals surface area contributed by atoms with Gasteiger partial charge in [-0.15, -0.1) is 0 Å². The monoisotopic (exact) mass is 663 g/mol. The number of unbranched alkanes of at least 4 members (excludes halogenated alkanes) is 6. The Morgan fingerprint density at radius 1 is 0.796 bits per heavy atom. The number of carbonyl (C=O) groups is 1. The number of anilines is 1. The number of aromatic hydroxyl groups is 1. The second kappa shape index (κ2) is 17.9. The third-order valence-electron chi connectivity index (χ3n) is 8.63. The molecule has 5 aromatic rings. The molecule has 5 rings (SSSR count). The number of hydrogen-bond acceptors (Lipinski definition) is 6. The summed E-state index contributed by atoms with van der Waals surface area (Å²) >= 11 is 0. The number of phenols is 1. The van der Waals surface area contributed by atoms with Crippen molar-refractivity contribution in [3.8, 4) is 22.6 Å². The average molecular weight is 664 g/mol. The molecule has 1 amide bonds. The highest BCUT2D eigenvalue weighted by Crippen LogP contribution is 2.29. The summed E-state index contributed by atoms with van der Waals surface area (Å²) in [5.41, 5.74) is 4.31. The molecule has 0 bridgehead atoms. The molecule has 4 aromatic carbocycles. The van der Waals surface area contributed by atoms with E-state index in [2.05, 4.69) is 10.3 Å². The first-order valence-electron chi connectivity index (χ1n) is 17.0. The molecule has 0 fully saturated rings. The first-order valence-corrected chi connectivity index (χ1v) is 17.0. The number of pyridine rings is 1. The number of aliphatic hydroxyl groups is 1. The lowest BCUT2D eigenvalue weighted by Crippen LogP contribution is -2.28. The number of H-pyrrole nitrogens is 1. The van der Waals surface area contributed by atoms with Gasteiger partial charge in [-0.1, -0.05) is 92.8 Å². The van der Waals surface area contributed by atoms with Crippen LogP contribution in [0.2, 0.25) is 0 Å². The molecule has 0 aliphatic carbocycles. The molecule has 49 heavy (non-hydrogen) atoms. The van der Waals surface area contributed by atoms with Gasteiger partial charge in [0.25, 0.3) is 0 Å². The molecule has 1 heterocycles. The summed E-state index contributed by atoms with van der Waals surface area (Å²) in [6.45, 7) is 2.04. The molecule has 0 aliphatic heterocycles. The Morgan fingerprint density at radius 2 is 1.51 bits per heavy atom. The van der Waals surface area contributed by atoms with Gasteiger partial charge < -0.3 is 30.4 Å². The number of ether oxygens (including phenoxy) is 1. The average Bonchev–Trinajstić information content (AvgIpc) is 3.12. The molecule has 0 saturated heterocycles. The van der Waals surface area contributed by atoms with Crippen molar-refractivity contribution in [2.24, 2.45) is 0 Å². The number of aliphatic hydroxyl groups excluding tert-OH is 1. The van der Waals surface area contributed by atoms with E-state index >= 15 is 0 Å². The van der Waals surface area contributed by atoms with E-state index in [9.17, 15) is 24.9 Å². The number of aromatic amines is 1. The Morgan fingerprint density at radius 3 is 2.27 bits per heavy atom. The number of hydrogen-bond donors (Lipinski definition) is 5. The molecule has 0 radical (unpaired) electrons. The molecule has 0 spiro atoms. The minimum atomic E-state index is -1.01. The lowest BCUT2D eigenvalue weighted by molar-refractivity contribution is 0.176. The first kappa shape index (κ1) is 35.2. The van der Waals surface area contributed by atoms with Gasteiger partial charge in [0.05, 0.1) is 24.8 Å². The summed E-state index contributed by atoms with van der Waals surface area (Å²) in [6, 6.07) is 31.4. The van der Waals surface area contributed by atoms with Gasteiger partial charge >= 0.3 is 6.09 Å². The van der Waals surface area contributed by atoms with E-state index in [1.807, 2.05) is 78.9 Å². The van der Waals surface area contributed by atoms with Crippen molar-refractivity contribution in [2.45, 2.75) is 57.6 Å². The standard InChI is InChI=1S/C40H45N3O6/c44-36-22-20-34(35-21-23-38(46)42-39(35)36)37(45)27-41-24-9-4-2-1-3-5-10-25-49-33-15-11-12-29(26-33)28-43(40(47)48)32-18-16-31(17-19-32)30-13-7-6-8-14-30/h6-8,11-23,26,37,41,44-45H,1-5,9-10,24-25,27-28H2,(H,42,46)(H,47,48)/t37-/m0/s1. The number of aromatic nitrogens is 1. The van der Waals surface area contributed by atoms with Crippen LogP contribution in [-0.2, 0) is 6.54 Å². The van der Waals surface area contributed by atoms with Gasteiger partial charge in [0.15, 0.2) is 0 Å². The molecule has 0 aliphatic rings. The fraction of sp³-hybridized carbons (Fsp3) is 0.300. The third kappa shape index (κ3) is 10.2. The maximum atomic E-state index is 12.1. The smallest absolute Gasteiger partial charge is 0.412 e. The number of rotatable bonds is 18. The number of carboxylic acid groups (broad SMARTS) is 1. The highest BCUT2D eigenvalue weighted by Gasteiger charge is 2.16. The molecular weight excluding hydrogens is 618 g/mol. The first-order chi connectivity index (χ1) is 23.9. The van der Waals surface area contributed by atoms with Crippen molar-refractivity contribution in [1.29, 1.82) is 0 Å². The van der Waals surface area contributed by atoms with Gasteiger partial charge in [-0.2, -0.15) is 0 Å². The minimum absolute atomic E-state index is 0.0156. The number of fused-ring (bicyclic) bond motifs is 1. The molecule has 1 aromatic heterocycles. The van der Waals surface area contributed by atoms with E-state index in [1.165, 1.54) is 17.0 Å². The molecule has 5 N–H and O–H groups in total. The molecule has 1 atom stereocenters. The van der Waals surface area contributed by atoms with Crippen molar-refractivity contribution < 1.29 is 24.9 Å². The Hall–Kier alpha value is -5.12. The summed E-state index contributed by atoms with van der Waals surface area (Å²) in [4.78, 5) is 27.7. The highest BCUT2D eigenvalue weighted by atomic mass is 16.5. The van der Waals surface area contributed by atoms with Crippen LogP contribution in [0.3, 0.4) is 0 Å². The topological polar surface area (TPSA) is 135 Å². The Balaban J connectivity index is 0.941. The van der Waals surface area contributed by atoms with Crippen LogP contribution in [0.15, 0.2) is 108 Å². The summed E-state index contributed by atoms with van der Waals surface area (Å²) < 4.78 is 5.99. The van der Waals surface area contributed by atoms with Crippen LogP contribution >= 0.6 is 0 Å². The maximum Gasteiger partial charge on any atom is 0.412 e. The summed E-state index contributed by atoms with van der Waals surface area (Å²) in [6.07, 6.45) is 5.87. The molecule has 0 unspecified atom stereocenters.